The van der Waals surface area contributed by atoms with Gasteiger partial charge in [0.15, 0.2) is 11.6 Å². The first kappa shape index (κ1) is 11.2. The highest BCUT2D eigenvalue weighted by atomic mass is 19.1. The number of aromatic nitrogens is 4. The Hall–Kier alpha value is -2.31. The van der Waals surface area contributed by atoms with E-state index in [9.17, 15) is 9.18 Å². The second-order valence-electron chi connectivity index (χ2n) is 3.29. The number of carboxylic acids is 1. The van der Waals surface area contributed by atoms with Crippen molar-refractivity contribution in [2.45, 2.75) is 13.3 Å². The van der Waals surface area contributed by atoms with Gasteiger partial charge in [-0.25, -0.2) is 23.8 Å². The second kappa shape index (κ2) is 4.28. The van der Waals surface area contributed by atoms with Crippen molar-refractivity contribution < 1.29 is 14.3 Å². The molecule has 1 N–H and O–H groups in total. The second-order valence-corrected chi connectivity index (χ2v) is 3.29. The molecule has 7 heteroatoms. The number of carbonyl (C=O) groups is 1. The third kappa shape index (κ3) is 1.99. The van der Waals surface area contributed by atoms with Crippen LogP contribution in [0.5, 0.6) is 0 Å². The van der Waals surface area contributed by atoms with E-state index in [4.69, 9.17) is 5.11 Å². The number of rotatable bonds is 3. The predicted octanol–water partition coefficient (Wildman–Crippen LogP) is 1.06. The molecule has 17 heavy (non-hydrogen) atoms. The monoisotopic (exact) mass is 236 g/mol. The summed E-state index contributed by atoms with van der Waals surface area (Å²) >= 11 is 0. The van der Waals surface area contributed by atoms with Crippen LogP contribution in [-0.4, -0.2) is 30.8 Å². The standard InChI is InChI=1S/C10H9FN4O2/c1-2-7-8(11)9(13-5-12-7)15-4-6(3-14-15)10(16)17/h3-5H,2H2,1H3,(H,16,17). The zero-order valence-corrected chi connectivity index (χ0v) is 8.96. The molecule has 0 saturated carbocycles. The van der Waals surface area contributed by atoms with E-state index in [1.54, 1.807) is 6.92 Å². The summed E-state index contributed by atoms with van der Waals surface area (Å²) in [5.41, 5.74) is 0.239. The lowest BCUT2D eigenvalue weighted by Gasteiger charge is -2.04. The summed E-state index contributed by atoms with van der Waals surface area (Å²) in [6, 6.07) is 0. The molecule has 2 aromatic rings. The average Bonchev–Trinajstić information content (AvgIpc) is 2.78. The Labute approximate surface area is 95.8 Å². The first-order valence-electron chi connectivity index (χ1n) is 4.91. The van der Waals surface area contributed by atoms with Gasteiger partial charge >= 0.3 is 5.97 Å². The van der Waals surface area contributed by atoms with Gasteiger partial charge in [-0.15, -0.1) is 0 Å². The summed E-state index contributed by atoms with van der Waals surface area (Å²) in [6.07, 6.45) is 3.98. The molecule has 0 aliphatic heterocycles. The first-order valence-corrected chi connectivity index (χ1v) is 4.91. The van der Waals surface area contributed by atoms with Gasteiger partial charge in [0.05, 0.1) is 17.5 Å². The van der Waals surface area contributed by atoms with E-state index in [0.717, 1.165) is 10.9 Å². The molecule has 0 saturated heterocycles. The molecule has 0 aliphatic carbocycles. The van der Waals surface area contributed by atoms with Crippen LogP contribution in [0.15, 0.2) is 18.7 Å². The molecule has 6 nitrogen and oxygen atoms in total. The number of aryl methyl sites for hydroxylation is 1. The zero-order valence-electron chi connectivity index (χ0n) is 8.96. The molecule has 0 aliphatic rings. The molecular weight excluding hydrogens is 227 g/mol. The van der Waals surface area contributed by atoms with Crippen LogP contribution in [0.1, 0.15) is 23.0 Å². The van der Waals surface area contributed by atoms with Gasteiger partial charge in [-0.05, 0) is 6.42 Å². The predicted molar refractivity (Wildman–Crippen MR) is 55.4 cm³/mol. The SMILES string of the molecule is CCc1ncnc(-n2cc(C(=O)O)cn2)c1F. The molecule has 2 aromatic heterocycles. The smallest absolute Gasteiger partial charge is 0.338 e. The molecule has 0 bridgehead atoms. The van der Waals surface area contributed by atoms with E-state index < -0.39 is 11.8 Å². The summed E-state index contributed by atoms with van der Waals surface area (Å²) in [5, 5.41) is 12.5. The van der Waals surface area contributed by atoms with E-state index in [2.05, 4.69) is 15.1 Å². The Bertz CT molecular complexity index is 567. The molecule has 0 fully saturated rings. The van der Waals surface area contributed by atoms with Crippen LogP contribution >= 0.6 is 0 Å². The van der Waals surface area contributed by atoms with E-state index in [-0.39, 0.29) is 17.1 Å². The number of hydrogen-bond acceptors (Lipinski definition) is 4. The molecule has 0 spiro atoms. The Balaban J connectivity index is 2.49. The Morgan fingerprint density at radius 1 is 1.53 bits per heavy atom. The summed E-state index contributed by atoms with van der Waals surface area (Å²) in [4.78, 5) is 18.2. The third-order valence-corrected chi connectivity index (χ3v) is 2.22. The van der Waals surface area contributed by atoms with Crippen LogP contribution in [0.4, 0.5) is 4.39 Å². The fraction of sp³-hybridized carbons (Fsp3) is 0.200. The number of carboxylic acid groups (broad SMARTS) is 1. The van der Waals surface area contributed by atoms with Crippen LogP contribution < -0.4 is 0 Å². The van der Waals surface area contributed by atoms with Crippen molar-refractivity contribution in [3.63, 3.8) is 0 Å². The van der Waals surface area contributed by atoms with Gasteiger partial charge in [-0.1, -0.05) is 6.92 Å². The van der Waals surface area contributed by atoms with Crippen molar-refractivity contribution >= 4 is 5.97 Å². The van der Waals surface area contributed by atoms with Gasteiger partial charge in [0, 0.05) is 6.20 Å². The average molecular weight is 236 g/mol. The number of nitrogens with zero attached hydrogens (tertiary/aromatic N) is 4. The third-order valence-electron chi connectivity index (χ3n) is 2.22. The highest BCUT2D eigenvalue weighted by Gasteiger charge is 2.14. The molecule has 2 rings (SSSR count). The van der Waals surface area contributed by atoms with E-state index in [1.807, 2.05) is 0 Å². The summed E-state index contributed by atoms with van der Waals surface area (Å²) < 4.78 is 14.9. The van der Waals surface area contributed by atoms with Crippen molar-refractivity contribution in [2.75, 3.05) is 0 Å². The molecular formula is C10H9FN4O2. The first-order chi connectivity index (χ1) is 8.13. The molecule has 0 unspecified atom stereocenters. The van der Waals surface area contributed by atoms with Crippen molar-refractivity contribution in [1.29, 1.82) is 0 Å². The van der Waals surface area contributed by atoms with E-state index in [0.29, 0.717) is 6.42 Å². The minimum atomic E-state index is -1.12. The van der Waals surface area contributed by atoms with Gasteiger partial charge in [-0.3, -0.25) is 0 Å². The van der Waals surface area contributed by atoms with Crippen LogP contribution in [0.2, 0.25) is 0 Å². The van der Waals surface area contributed by atoms with E-state index in [1.165, 1.54) is 12.5 Å². The Morgan fingerprint density at radius 2 is 2.29 bits per heavy atom. The highest BCUT2D eigenvalue weighted by Crippen LogP contribution is 2.13. The molecule has 0 radical (unpaired) electrons. The normalized spacial score (nSPS) is 10.5. The maximum absolute atomic E-state index is 13.8. The molecule has 0 atom stereocenters. The van der Waals surface area contributed by atoms with Gasteiger partial charge < -0.3 is 5.11 Å². The zero-order chi connectivity index (χ0) is 12.4. The maximum atomic E-state index is 13.8. The minimum Gasteiger partial charge on any atom is -0.478 e. The molecule has 2 heterocycles. The number of aromatic carboxylic acids is 1. The van der Waals surface area contributed by atoms with Crippen molar-refractivity contribution in [1.82, 2.24) is 19.7 Å². The Morgan fingerprint density at radius 3 is 2.88 bits per heavy atom. The summed E-state index contributed by atoms with van der Waals surface area (Å²) in [6.45, 7) is 1.76. The number of hydrogen-bond donors (Lipinski definition) is 1. The van der Waals surface area contributed by atoms with Gasteiger partial charge in [0.2, 0.25) is 0 Å². The molecule has 88 valence electrons. The van der Waals surface area contributed by atoms with Gasteiger partial charge in [0.25, 0.3) is 0 Å². The molecule has 0 aromatic carbocycles. The fourth-order valence-corrected chi connectivity index (χ4v) is 1.35. The lowest BCUT2D eigenvalue weighted by Crippen LogP contribution is -2.06. The quantitative estimate of drug-likeness (QED) is 0.861. The van der Waals surface area contributed by atoms with Gasteiger partial charge in [0.1, 0.15) is 6.33 Å². The number of halogens is 1. The maximum Gasteiger partial charge on any atom is 0.338 e. The topological polar surface area (TPSA) is 80.9 Å². The van der Waals surface area contributed by atoms with Crippen molar-refractivity contribution in [3.05, 3.63) is 35.8 Å². The summed E-state index contributed by atoms with van der Waals surface area (Å²) in [5.74, 6) is -1.76. The molecule has 0 amide bonds. The highest BCUT2D eigenvalue weighted by molar-refractivity contribution is 5.86. The van der Waals surface area contributed by atoms with Crippen LogP contribution in [0, 0.1) is 5.82 Å². The fourth-order valence-electron chi connectivity index (χ4n) is 1.35. The van der Waals surface area contributed by atoms with E-state index >= 15 is 0 Å². The minimum absolute atomic E-state index is 0.0268. The van der Waals surface area contributed by atoms with Crippen molar-refractivity contribution in [3.8, 4) is 5.82 Å². The van der Waals surface area contributed by atoms with Crippen LogP contribution in [0.3, 0.4) is 0 Å². The van der Waals surface area contributed by atoms with Crippen molar-refractivity contribution in [2.24, 2.45) is 0 Å². The van der Waals surface area contributed by atoms with Crippen LogP contribution in [-0.2, 0) is 6.42 Å². The lowest BCUT2D eigenvalue weighted by atomic mass is 10.3. The Kier molecular flexibility index (Phi) is 2.82. The lowest BCUT2D eigenvalue weighted by molar-refractivity contribution is 0.0697. The summed E-state index contributed by atoms with van der Waals surface area (Å²) in [7, 11) is 0. The largest absolute Gasteiger partial charge is 0.478 e. The van der Waals surface area contributed by atoms with Crippen LogP contribution in [0.25, 0.3) is 5.82 Å². The van der Waals surface area contributed by atoms with Gasteiger partial charge in [-0.2, -0.15) is 5.10 Å².